The SMILES string of the molecule is CC1(C)C(CNc2cc(Cl)cc(Cl)c2)C1(C)C. The third kappa shape index (κ3) is 2.28. The molecule has 0 heterocycles. The van der Waals surface area contributed by atoms with Gasteiger partial charge in [0.2, 0.25) is 0 Å². The van der Waals surface area contributed by atoms with Crippen LogP contribution in [0.15, 0.2) is 18.2 Å². The maximum Gasteiger partial charge on any atom is 0.0441 e. The van der Waals surface area contributed by atoms with Crippen LogP contribution >= 0.6 is 23.2 Å². The van der Waals surface area contributed by atoms with Crippen molar-refractivity contribution in [3.8, 4) is 0 Å². The van der Waals surface area contributed by atoms with E-state index in [2.05, 4.69) is 33.0 Å². The first-order valence-electron chi connectivity index (χ1n) is 5.95. The van der Waals surface area contributed by atoms with E-state index in [4.69, 9.17) is 23.2 Å². The van der Waals surface area contributed by atoms with Crippen molar-refractivity contribution in [2.45, 2.75) is 27.7 Å². The lowest BCUT2D eigenvalue weighted by atomic mass is 10.0. The van der Waals surface area contributed by atoms with E-state index < -0.39 is 0 Å². The number of nitrogens with one attached hydrogen (secondary N) is 1. The standard InChI is InChI=1S/C14H19Cl2N/c1-13(2)12(14(13,3)4)8-17-11-6-9(15)5-10(16)7-11/h5-7,12,17H,8H2,1-4H3. The Morgan fingerprint density at radius 1 is 1.00 bits per heavy atom. The summed E-state index contributed by atoms with van der Waals surface area (Å²) < 4.78 is 0. The molecule has 1 N–H and O–H groups in total. The van der Waals surface area contributed by atoms with Crippen molar-refractivity contribution in [2.24, 2.45) is 16.7 Å². The molecule has 3 heteroatoms. The van der Waals surface area contributed by atoms with E-state index in [-0.39, 0.29) is 0 Å². The molecule has 0 spiro atoms. The molecule has 1 nitrogen and oxygen atoms in total. The molecule has 0 radical (unpaired) electrons. The Morgan fingerprint density at radius 3 is 1.88 bits per heavy atom. The zero-order valence-electron chi connectivity index (χ0n) is 10.8. The van der Waals surface area contributed by atoms with Crippen molar-refractivity contribution < 1.29 is 0 Å². The van der Waals surface area contributed by atoms with Gasteiger partial charge < -0.3 is 5.32 Å². The number of anilines is 1. The summed E-state index contributed by atoms with van der Waals surface area (Å²) in [5.74, 6) is 0.688. The van der Waals surface area contributed by atoms with Crippen LogP contribution in [0.1, 0.15) is 27.7 Å². The lowest BCUT2D eigenvalue weighted by Gasteiger charge is -2.08. The summed E-state index contributed by atoms with van der Waals surface area (Å²) in [5, 5.41) is 4.78. The van der Waals surface area contributed by atoms with Gasteiger partial charge in [0.25, 0.3) is 0 Å². The molecule has 17 heavy (non-hydrogen) atoms. The van der Waals surface area contributed by atoms with Crippen molar-refractivity contribution in [3.05, 3.63) is 28.2 Å². The van der Waals surface area contributed by atoms with Gasteiger partial charge in [0.15, 0.2) is 0 Å². The smallest absolute Gasteiger partial charge is 0.0441 e. The second-order valence-electron chi connectivity index (χ2n) is 6.03. The first-order valence-corrected chi connectivity index (χ1v) is 6.71. The van der Waals surface area contributed by atoms with Gasteiger partial charge in [-0.3, -0.25) is 0 Å². The quantitative estimate of drug-likeness (QED) is 0.808. The van der Waals surface area contributed by atoms with Gasteiger partial charge in [0.1, 0.15) is 0 Å². The third-order valence-electron chi connectivity index (χ3n) is 4.69. The minimum Gasteiger partial charge on any atom is -0.385 e. The Kier molecular flexibility index (Phi) is 3.12. The van der Waals surface area contributed by atoms with Crippen LogP contribution in [0.2, 0.25) is 10.0 Å². The minimum atomic E-state index is 0.405. The van der Waals surface area contributed by atoms with Crippen molar-refractivity contribution >= 4 is 28.9 Å². The number of hydrogen-bond acceptors (Lipinski definition) is 1. The molecule has 1 saturated carbocycles. The van der Waals surface area contributed by atoms with Crippen molar-refractivity contribution in [3.63, 3.8) is 0 Å². The van der Waals surface area contributed by atoms with E-state index in [0.717, 1.165) is 12.2 Å². The number of benzene rings is 1. The van der Waals surface area contributed by atoms with E-state index in [1.54, 1.807) is 6.07 Å². The minimum absolute atomic E-state index is 0.405. The summed E-state index contributed by atoms with van der Waals surface area (Å²) >= 11 is 11.9. The van der Waals surface area contributed by atoms with Gasteiger partial charge in [-0.25, -0.2) is 0 Å². The summed E-state index contributed by atoms with van der Waals surface area (Å²) in [7, 11) is 0. The van der Waals surface area contributed by atoms with Crippen LogP contribution in [-0.4, -0.2) is 6.54 Å². The van der Waals surface area contributed by atoms with Crippen LogP contribution in [0, 0.1) is 16.7 Å². The summed E-state index contributed by atoms with van der Waals surface area (Å²) in [6.45, 7) is 10.3. The summed E-state index contributed by atoms with van der Waals surface area (Å²) in [4.78, 5) is 0. The fraction of sp³-hybridized carbons (Fsp3) is 0.571. The molecule has 0 aliphatic heterocycles. The van der Waals surface area contributed by atoms with Crippen LogP contribution < -0.4 is 5.32 Å². The van der Waals surface area contributed by atoms with E-state index in [1.165, 1.54) is 0 Å². The average molecular weight is 272 g/mol. The molecule has 1 aromatic rings. The van der Waals surface area contributed by atoms with Gasteiger partial charge in [0.05, 0.1) is 0 Å². The molecule has 0 unspecified atom stereocenters. The highest BCUT2D eigenvalue weighted by Crippen LogP contribution is 2.68. The molecule has 1 aliphatic rings. The van der Waals surface area contributed by atoms with Gasteiger partial charge in [-0.1, -0.05) is 50.9 Å². The summed E-state index contributed by atoms with van der Waals surface area (Å²) in [6, 6.07) is 5.57. The van der Waals surface area contributed by atoms with E-state index in [9.17, 15) is 0 Å². The highest BCUT2D eigenvalue weighted by molar-refractivity contribution is 6.35. The lowest BCUT2D eigenvalue weighted by Crippen LogP contribution is -2.07. The van der Waals surface area contributed by atoms with Crippen LogP contribution in [0.4, 0.5) is 5.69 Å². The molecule has 1 fully saturated rings. The van der Waals surface area contributed by atoms with Gasteiger partial charge in [-0.15, -0.1) is 0 Å². The Labute approximate surface area is 114 Å². The molecule has 94 valence electrons. The number of halogens is 2. The van der Waals surface area contributed by atoms with Gasteiger partial charge in [-0.05, 0) is 34.9 Å². The van der Waals surface area contributed by atoms with Gasteiger partial charge in [0, 0.05) is 22.3 Å². The predicted octanol–water partition coefficient (Wildman–Crippen LogP) is 5.09. The second kappa shape index (κ2) is 4.07. The largest absolute Gasteiger partial charge is 0.385 e. The van der Waals surface area contributed by atoms with Gasteiger partial charge >= 0.3 is 0 Å². The summed E-state index contributed by atoms with van der Waals surface area (Å²) in [6.07, 6.45) is 0. The predicted molar refractivity (Wildman–Crippen MR) is 76.0 cm³/mol. The molecule has 1 aliphatic carbocycles. The maximum atomic E-state index is 5.97. The third-order valence-corrected chi connectivity index (χ3v) is 5.13. The average Bonchev–Trinajstić information content (AvgIpc) is 2.53. The topological polar surface area (TPSA) is 12.0 Å². The van der Waals surface area contributed by atoms with E-state index >= 15 is 0 Å². The molecule has 0 atom stereocenters. The monoisotopic (exact) mass is 271 g/mol. The molecular formula is C14H19Cl2N. The highest BCUT2D eigenvalue weighted by Gasteiger charge is 2.63. The van der Waals surface area contributed by atoms with Crippen LogP contribution in [0.25, 0.3) is 0 Å². The first kappa shape index (κ1) is 13.0. The van der Waals surface area contributed by atoms with Crippen LogP contribution in [-0.2, 0) is 0 Å². The Bertz CT molecular complexity index is 404. The fourth-order valence-corrected chi connectivity index (χ4v) is 3.25. The number of rotatable bonds is 3. The molecule has 0 bridgehead atoms. The van der Waals surface area contributed by atoms with Crippen molar-refractivity contribution in [1.82, 2.24) is 0 Å². The second-order valence-corrected chi connectivity index (χ2v) is 6.91. The zero-order valence-corrected chi connectivity index (χ0v) is 12.3. The number of hydrogen-bond donors (Lipinski definition) is 1. The molecule has 1 aromatic carbocycles. The maximum absolute atomic E-state index is 5.97. The molecule has 0 amide bonds. The van der Waals surface area contributed by atoms with Crippen molar-refractivity contribution in [2.75, 3.05) is 11.9 Å². The van der Waals surface area contributed by atoms with E-state index in [0.29, 0.717) is 26.8 Å². The molecular weight excluding hydrogens is 253 g/mol. The van der Waals surface area contributed by atoms with E-state index in [1.807, 2.05) is 12.1 Å². The Balaban J connectivity index is 2.00. The molecule has 0 aromatic heterocycles. The lowest BCUT2D eigenvalue weighted by molar-refractivity contribution is 0.457. The van der Waals surface area contributed by atoms with Gasteiger partial charge in [-0.2, -0.15) is 0 Å². The highest BCUT2D eigenvalue weighted by atomic mass is 35.5. The first-order chi connectivity index (χ1) is 7.75. The zero-order chi connectivity index (χ0) is 12.8. The summed E-state index contributed by atoms with van der Waals surface area (Å²) in [5.41, 5.74) is 1.81. The van der Waals surface area contributed by atoms with Crippen LogP contribution in [0.5, 0.6) is 0 Å². The fourth-order valence-electron chi connectivity index (χ4n) is 2.72. The van der Waals surface area contributed by atoms with Crippen LogP contribution in [0.3, 0.4) is 0 Å². The molecule has 0 saturated heterocycles. The molecule has 2 rings (SSSR count). The Morgan fingerprint density at radius 2 is 1.47 bits per heavy atom. The Hall–Kier alpha value is -0.400. The normalized spacial score (nSPS) is 21.3. The van der Waals surface area contributed by atoms with Crippen molar-refractivity contribution in [1.29, 1.82) is 0 Å².